The number of nitrogens with zero attached hydrogens (tertiary/aromatic N) is 3. The largest absolute Gasteiger partial charge is 0.573 e. The van der Waals surface area contributed by atoms with Crippen LogP contribution in [0.1, 0.15) is 18.2 Å². The Labute approximate surface area is 127 Å². The minimum absolute atomic E-state index is 0.0837. The number of benzene rings is 1. The van der Waals surface area contributed by atoms with E-state index >= 15 is 0 Å². The summed E-state index contributed by atoms with van der Waals surface area (Å²) in [4.78, 5) is 13.5. The molecule has 2 N–H and O–H groups in total. The maximum absolute atomic E-state index is 12.1. The molecule has 7 nitrogen and oxygen atoms in total. The van der Waals surface area contributed by atoms with Crippen molar-refractivity contribution in [3.05, 3.63) is 30.2 Å². The van der Waals surface area contributed by atoms with Crippen molar-refractivity contribution in [3.63, 3.8) is 0 Å². The minimum atomic E-state index is -4.76. The Kier molecular flexibility index (Phi) is 3.58. The van der Waals surface area contributed by atoms with Crippen LogP contribution in [0.25, 0.3) is 0 Å². The average Bonchev–Trinajstić information content (AvgIpc) is 3.04. The van der Waals surface area contributed by atoms with E-state index in [1.165, 1.54) is 17.0 Å². The van der Waals surface area contributed by atoms with Gasteiger partial charge in [-0.05, 0) is 24.3 Å². The van der Waals surface area contributed by atoms with Crippen LogP contribution in [0, 0.1) is 0 Å². The molecule has 0 unspecified atom stereocenters. The number of nitrogens with two attached hydrogens (primary N) is 1. The van der Waals surface area contributed by atoms with E-state index in [-0.39, 0.29) is 42.4 Å². The molecular weight excluding hydrogens is 317 g/mol. The predicted octanol–water partition coefficient (Wildman–Crippen LogP) is 2.07. The molecule has 0 aliphatic carbocycles. The van der Waals surface area contributed by atoms with Gasteiger partial charge in [0, 0.05) is 18.7 Å². The second-order valence-electron chi connectivity index (χ2n) is 4.93. The van der Waals surface area contributed by atoms with Crippen LogP contribution in [0.5, 0.6) is 5.75 Å². The molecule has 1 atom stereocenters. The van der Waals surface area contributed by atoms with Crippen LogP contribution in [-0.4, -0.2) is 29.0 Å². The third-order valence-corrected chi connectivity index (χ3v) is 3.31. The lowest BCUT2D eigenvalue weighted by Gasteiger charge is -2.17. The van der Waals surface area contributed by atoms with E-state index in [2.05, 4.69) is 14.9 Å². The van der Waals surface area contributed by atoms with Crippen molar-refractivity contribution in [2.24, 2.45) is 0 Å². The van der Waals surface area contributed by atoms with Gasteiger partial charge in [-0.2, -0.15) is 0 Å². The Morgan fingerprint density at radius 2 is 1.96 bits per heavy atom. The highest BCUT2D eigenvalue weighted by molar-refractivity contribution is 5.96. The molecule has 2 heterocycles. The lowest BCUT2D eigenvalue weighted by atomic mass is 10.1. The standard InChI is InChI=1S/C13H11F3N4O3/c14-13(15,16)23-9-3-1-8(2-4-9)20-6-7(5-10(20)21)11-18-19-12(17)22-11/h1-4,7H,5-6H2,(H2,17,19)/t7-/m0/s1. The Hall–Kier alpha value is -2.78. The van der Waals surface area contributed by atoms with Gasteiger partial charge in [-0.15, -0.1) is 18.3 Å². The Balaban J connectivity index is 1.73. The van der Waals surface area contributed by atoms with Gasteiger partial charge in [0.1, 0.15) is 5.75 Å². The van der Waals surface area contributed by atoms with Crippen LogP contribution in [-0.2, 0) is 4.79 Å². The van der Waals surface area contributed by atoms with E-state index in [9.17, 15) is 18.0 Å². The summed E-state index contributed by atoms with van der Waals surface area (Å²) >= 11 is 0. The molecule has 1 aromatic carbocycles. The van der Waals surface area contributed by atoms with Crippen molar-refractivity contribution in [2.45, 2.75) is 18.7 Å². The fourth-order valence-electron chi connectivity index (χ4n) is 2.36. The highest BCUT2D eigenvalue weighted by atomic mass is 19.4. The number of nitrogen functional groups attached to an aromatic ring is 1. The molecule has 1 saturated heterocycles. The number of halogens is 3. The second kappa shape index (κ2) is 5.45. The summed E-state index contributed by atoms with van der Waals surface area (Å²) in [6, 6.07) is 4.97. The monoisotopic (exact) mass is 328 g/mol. The number of alkyl halides is 3. The maximum Gasteiger partial charge on any atom is 0.573 e. The average molecular weight is 328 g/mol. The number of carbonyl (C=O) groups excluding carboxylic acids is 1. The van der Waals surface area contributed by atoms with Gasteiger partial charge in [0.05, 0.1) is 5.92 Å². The number of hydrogen-bond acceptors (Lipinski definition) is 6. The van der Waals surface area contributed by atoms with Gasteiger partial charge in [0.15, 0.2) is 0 Å². The van der Waals surface area contributed by atoms with E-state index in [1.807, 2.05) is 0 Å². The normalized spacial score (nSPS) is 18.5. The van der Waals surface area contributed by atoms with Crippen LogP contribution in [0.2, 0.25) is 0 Å². The molecule has 3 rings (SSSR count). The molecule has 10 heteroatoms. The lowest BCUT2D eigenvalue weighted by Crippen LogP contribution is -2.24. The van der Waals surface area contributed by atoms with Gasteiger partial charge in [0.2, 0.25) is 11.8 Å². The molecule has 23 heavy (non-hydrogen) atoms. The van der Waals surface area contributed by atoms with Crippen LogP contribution >= 0.6 is 0 Å². The van der Waals surface area contributed by atoms with Crippen molar-refractivity contribution in [1.29, 1.82) is 0 Å². The molecule has 0 radical (unpaired) electrons. The molecule has 0 bridgehead atoms. The van der Waals surface area contributed by atoms with E-state index in [0.29, 0.717) is 5.69 Å². The van der Waals surface area contributed by atoms with Crippen molar-refractivity contribution >= 4 is 17.6 Å². The van der Waals surface area contributed by atoms with E-state index < -0.39 is 6.36 Å². The van der Waals surface area contributed by atoms with Crippen LogP contribution in [0.4, 0.5) is 24.9 Å². The van der Waals surface area contributed by atoms with Gasteiger partial charge < -0.3 is 19.8 Å². The second-order valence-corrected chi connectivity index (χ2v) is 4.93. The first-order valence-electron chi connectivity index (χ1n) is 6.57. The summed E-state index contributed by atoms with van der Waals surface area (Å²) in [6.07, 6.45) is -4.60. The fraction of sp³-hybridized carbons (Fsp3) is 0.308. The number of amides is 1. The first-order chi connectivity index (χ1) is 10.8. The highest BCUT2D eigenvalue weighted by Crippen LogP contribution is 2.32. The Morgan fingerprint density at radius 1 is 1.26 bits per heavy atom. The quantitative estimate of drug-likeness (QED) is 0.927. The van der Waals surface area contributed by atoms with Crippen LogP contribution in [0.15, 0.2) is 28.7 Å². The number of aromatic nitrogens is 2. The number of hydrogen-bond donors (Lipinski definition) is 1. The van der Waals surface area contributed by atoms with Crippen molar-refractivity contribution in [2.75, 3.05) is 17.2 Å². The molecule has 1 amide bonds. The SMILES string of the molecule is Nc1nnc([C@H]2CC(=O)N(c3ccc(OC(F)(F)F)cc3)C2)o1. The molecule has 1 aliphatic heterocycles. The van der Waals surface area contributed by atoms with Crippen LogP contribution in [0.3, 0.4) is 0 Å². The number of ether oxygens (including phenoxy) is 1. The first-order valence-corrected chi connectivity index (χ1v) is 6.57. The topological polar surface area (TPSA) is 94.5 Å². The predicted molar refractivity (Wildman–Crippen MR) is 71.5 cm³/mol. The van der Waals surface area contributed by atoms with E-state index in [0.717, 1.165) is 12.1 Å². The van der Waals surface area contributed by atoms with E-state index in [1.54, 1.807) is 0 Å². The molecule has 1 fully saturated rings. The first kappa shape index (κ1) is 15.1. The zero-order valence-electron chi connectivity index (χ0n) is 11.6. The van der Waals surface area contributed by atoms with Gasteiger partial charge in [-0.3, -0.25) is 4.79 Å². The van der Waals surface area contributed by atoms with E-state index in [4.69, 9.17) is 10.2 Å². The maximum atomic E-state index is 12.1. The summed E-state index contributed by atoms with van der Waals surface area (Å²) in [7, 11) is 0. The molecule has 122 valence electrons. The summed E-state index contributed by atoms with van der Waals surface area (Å²) in [5.41, 5.74) is 5.81. The van der Waals surface area contributed by atoms with Gasteiger partial charge >= 0.3 is 12.4 Å². The molecular formula is C13H11F3N4O3. The van der Waals surface area contributed by atoms with Gasteiger partial charge in [-0.25, -0.2) is 0 Å². The van der Waals surface area contributed by atoms with Gasteiger partial charge in [0.25, 0.3) is 0 Å². The number of carbonyl (C=O) groups is 1. The zero-order valence-corrected chi connectivity index (χ0v) is 11.6. The number of rotatable bonds is 3. The molecule has 2 aromatic rings. The van der Waals surface area contributed by atoms with Crippen molar-refractivity contribution in [3.8, 4) is 5.75 Å². The Morgan fingerprint density at radius 3 is 2.52 bits per heavy atom. The summed E-state index contributed by atoms with van der Waals surface area (Å²) in [5.74, 6) is -0.598. The van der Waals surface area contributed by atoms with Gasteiger partial charge in [-0.1, -0.05) is 5.10 Å². The third-order valence-electron chi connectivity index (χ3n) is 3.31. The summed E-state index contributed by atoms with van der Waals surface area (Å²) < 4.78 is 45.3. The molecule has 1 aromatic heterocycles. The highest BCUT2D eigenvalue weighted by Gasteiger charge is 2.35. The minimum Gasteiger partial charge on any atom is -0.408 e. The fourth-order valence-corrected chi connectivity index (χ4v) is 2.36. The zero-order chi connectivity index (χ0) is 16.6. The smallest absolute Gasteiger partial charge is 0.408 e. The molecule has 1 aliphatic rings. The molecule has 0 spiro atoms. The Bertz CT molecular complexity index is 714. The molecule has 0 saturated carbocycles. The van der Waals surface area contributed by atoms with Crippen molar-refractivity contribution < 1.29 is 27.1 Å². The van der Waals surface area contributed by atoms with Crippen molar-refractivity contribution in [1.82, 2.24) is 10.2 Å². The third kappa shape index (κ3) is 3.35. The summed E-state index contributed by atoms with van der Waals surface area (Å²) in [5, 5.41) is 7.29. The number of anilines is 2. The lowest BCUT2D eigenvalue weighted by molar-refractivity contribution is -0.274. The van der Waals surface area contributed by atoms with Crippen LogP contribution < -0.4 is 15.4 Å². The summed E-state index contributed by atoms with van der Waals surface area (Å²) in [6.45, 7) is 0.278.